The number of likely N-dealkylation sites (N-methyl/N-ethyl adjacent to an activating group) is 2. The van der Waals surface area contributed by atoms with Gasteiger partial charge in [-0.15, -0.1) is 0 Å². The van der Waals surface area contributed by atoms with Gasteiger partial charge in [0.1, 0.15) is 5.84 Å². The van der Waals surface area contributed by atoms with Gasteiger partial charge in [0.2, 0.25) is 0 Å². The number of hydrogen-bond donors (Lipinski definition) is 2. The molecule has 0 radical (unpaired) electrons. The lowest BCUT2D eigenvalue weighted by atomic mass is 9.75. The Balaban J connectivity index is 2.44. The molecule has 0 bridgehead atoms. The molecule has 0 spiro atoms. The van der Waals surface area contributed by atoms with E-state index in [0.29, 0.717) is 12.1 Å². The first kappa shape index (κ1) is 11.5. The second-order valence-electron chi connectivity index (χ2n) is 4.67. The normalized spacial score (nSPS) is 19.8. The SMILES string of the molecule is CN(CC(=N)N)CC1(N(C)C)CCC1. The smallest absolute Gasteiger partial charge is 0.105 e. The van der Waals surface area contributed by atoms with E-state index in [1.165, 1.54) is 19.3 Å². The van der Waals surface area contributed by atoms with Crippen LogP contribution in [0.25, 0.3) is 0 Å². The summed E-state index contributed by atoms with van der Waals surface area (Å²) in [6.07, 6.45) is 3.86. The van der Waals surface area contributed by atoms with Crippen LogP contribution in [-0.4, -0.2) is 55.4 Å². The van der Waals surface area contributed by atoms with Crippen LogP contribution in [0.5, 0.6) is 0 Å². The van der Waals surface area contributed by atoms with E-state index >= 15 is 0 Å². The molecule has 0 aromatic carbocycles. The van der Waals surface area contributed by atoms with Crippen LogP contribution in [0.1, 0.15) is 19.3 Å². The standard InChI is InChI=1S/C10H22N4/c1-13(2)10(5-4-6-10)8-14(3)7-9(11)12/h4-8H2,1-3H3,(H3,11,12). The minimum absolute atomic E-state index is 0.251. The van der Waals surface area contributed by atoms with Gasteiger partial charge in [0.05, 0.1) is 6.54 Å². The Morgan fingerprint density at radius 1 is 1.36 bits per heavy atom. The van der Waals surface area contributed by atoms with E-state index in [2.05, 4.69) is 23.9 Å². The van der Waals surface area contributed by atoms with Crippen LogP contribution < -0.4 is 5.73 Å². The first-order valence-electron chi connectivity index (χ1n) is 5.15. The molecule has 0 amide bonds. The highest BCUT2D eigenvalue weighted by atomic mass is 15.2. The molecule has 0 heterocycles. The summed E-state index contributed by atoms with van der Waals surface area (Å²) >= 11 is 0. The molecule has 0 atom stereocenters. The van der Waals surface area contributed by atoms with Crippen molar-refractivity contribution in [2.45, 2.75) is 24.8 Å². The summed E-state index contributed by atoms with van der Waals surface area (Å²) in [5.74, 6) is 0.251. The van der Waals surface area contributed by atoms with Gasteiger partial charge < -0.3 is 10.6 Å². The third-order valence-corrected chi connectivity index (χ3v) is 3.24. The molecule has 0 aliphatic heterocycles. The van der Waals surface area contributed by atoms with Gasteiger partial charge in [-0.1, -0.05) is 0 Å². The van der Waals surface area contributed by atoms with Crippen LogP contribution in [0.4, 0.5) is 0 Å². The van der Waals surface area contributed by atoms with Crippen molar-refractivity contribution in [1.29, 1.82) is 5.41 Å². The van der Waals surface area contributed by atoms with Crippen molar-refractivity contribution < 1.29 is 0 Å². The molecule has 14 heavy (non-hydrogen) atoms. The Hall–Kier alpha value is -0.610. The highest BCUT2D eigenvalue weighted by Gasteiger charge is 2.39. The highest BCUT2D eigenvalue weighted by Crippen LogP contribution is 2.36. The largest absolute Gasteiger partial charge is 0.387 e. The summed E-state index contributed by atoms with van der Waals surface area (Å²) in [6, 6.07) is 0. The number of rotatable bonds is 5. The minimum atomic E-state index is 0.251. The lowest BCUT2D eigenvalue weighted by molar-refractivity contribution is 0.0316. The number of amidine groups is 1. The quantitative estimate of drug-likeness (QED) is 0.495. The molecule has 82 valence electrons. The highest BCUT2D eigenvalue weighted by molar-refractivity contribution is 5.78. The molecule has 3 N–H and O–H groups in total. The number of nitrogens with two attached hydrogens (primary N) is 1. The van der Waals surface area contributed by atoms with Gasteiger partial charge in [0, 0.05) is 12.1 Å². The van der Waals surface area contributed by atoms with Gasteiger partial charge in [-0.05, 0) is 40.4 Å². The minimum Gasteiger partial charge on any atom is -0.387 e. The Kier molecular flexibility index (Phi) is 3.50. The number of nitrogens with one attached hydrogen (secondary N) is 1. The number of hydrogen-bond acceptors (Lipinski definition) is 3. The molecule has 1 rings (SSSR count). The van der Waals surface area contributed by atoms with E-state index in [0.717, 1.165) is 6.54 Å². The molecule has 1 aliphatic rings. The zero-order valence-electron chi connectivity index (χ0n) is 9.51. The van der Waals surface area contributed by atoms with Crippen LogP contribution in [0.15, 0.2) is 0 Å². The molecule has 4 heteroatoms. The van der Waals surface area contributed by atoms with Crippen molar-refractivity contribution in [3.63, 3.8) is 0 Å². The lowest BCUT2D eigenvalue weighted by Crippen LogP contribution is -2.57. The van der Waals surface area contributed by atoms with Gasteiger partial charge in [-0.2, -0.15) is 0 Å². The summed E-state index contributed by atoms with van der Waals surface area (Å²) in [6.45, 7) is 1.59. The monoisotopic (exact) mass is 198 g/mol. The molecule has 1 aliphatic carbocycles. The zero-order chi connectivity index (χ0) is 10.8. The van der Waals surface area contributed by atoms with Crippen molar-refractivity contribution in [1.82, 2.24) is 9.80 Å². The topological polar surface area (TPSA) is 56.4 Å². The second kappa shape index (κ2) is 4.28. The van der Waals surface area contributed by atoms with Crippen molar-refractivity contribution in [3.05, 3.63) is 0 Å². The third-order valence-electron chi connectivity index (χ3n) is 3.24. The predicted molar refractivity (Wildman–Crippen MR) is 59.7 cm³/mol. The van der Waals surface area contributed by atoms with Crippen molar-refractivity contribution in [2.75, 3.05) is 34.2 Å². The van der Waals surface area contributed by atoms with Crippen LogP contribution in [0.3, 0.4) is 0 Å². The summed E-state index contributed by atoms with van der Waals surface area (Å²) in [5, 5.41) is 7.24. The molecule has 0 aromatic heterocycles. The summed E-state index contributed by atoms with van der Waals surface area (Å²) < 4.78 is 0. The van der Waals surface area contributed by atoms with E-state index in [1.54, 1.807) is 0 Å². The van der Waals surface area contributed by atoms with Crippen molar-refractivity contribution in [3.8, 4) is 0 Å². The van der Waals surface area contributed by atoms with Crippen LogP contribution in [0, 0.1) is 5.41 Å². The van der Waals surface area contributed by atoms with Crippen molar-refractivity contribution >= 4 is 5.84 Å². The maximum atomic E-state index is 7.24. The second-order valence-corrected chi connectivity index (χ2v) is 4.67. The Morgan fingerprint density at radius 3 is 2.21 bits per heavy atom. The van der Waals surface area contributed by atoms with Gasteiger partial charge in [-0.25, -0.2) is 0 Å². The Morgan fingerprint density at radius 2 is 1.93 bits per heavy atom. The number of nitrogens with zero attached hydrogens (tertiary/aromatic N) is 2. The molecule has 1 fully saturated rings. The van der Waals surface area contributed by atoms with Crippen molar-refractivity contribution in [2.24, 2.45) is 5.73 Å². The summed E-state index contributed by atoms with van der Waals surface area (Å²) in [5.41, 5.74) is 5.71. The molecule has 0 saturated heterocycles. The van der Waals surface area contributed by atoms with Gasteiger partial charge in [-0.3, -0.25) is 10.3 Å². The van der Waals surface area contributed by atoms with E-state index in [4.69, 9.17) is 11.1 Å². The lowest BCUT2D eigenvalue weighted by Gasteiger charge is -2.49. The fraction of sp³-hybridized carbons (Fsp3) is 0.900. The molecule has 1 saturated carbocycles. The zero-order valence-corrected chi connectivity index (χ0v) is 9.51. The van der Waals surface area contributed by atoms with Crippen LogP contribution in [-0.2, 0) is 0 Å². The third kappa shape index (κ3) is 2.45. The molecule has 0 aromatic rings. The summed E-state index contributed by atoms with van der Waals surface area (Å²) in [7, 11) is 6.31. The van der Waals surface area contributed by atoms with Crippen LogP contribution >= 0.6 is 0 Å². The molecular formula is C10H22N4. The van der Waals surface area contributed by atoms with Gasteiger partial charge in [0.25, 0.3) is 0 Å². The summed E-state index contributed by atoms with van der Waals surface area (Å²) in [4.78, 5) is 4.45. The van der Waals surface area contributed by atoms with Crippen LogP contribution in [0.2, 0.25) is 0 Å². The average Bonchev–Trinajstić information content (AvgIpc) is 1.94. The molecule has 0 unspecified atom stereocenters. The average molecular weight is 198 g/mol. The Bertz CT molecular complexity index is 208. The first-order chi connectivity index (χ1) is 6.46. The van der Waals surface area contributed by atoms with Gasteiger partial charge in [0.15, 0.2) is 0 Å². The predicted octanol–water partition coefficient (Wildman–Crippen LogP) is 0.338. The van der Waals surface area contributed by atoms with Gasteiger partial charge >= 0.3 is 0 Å². The maximum absolute atomic E-state index is 7.24. The van der Waals surface area contributed by atoms with E-state index in [-0.39, 0.29) is 5.84 Å². The maximum Gasteiger partial charge on any atom is 0.105 e. The first-order valence-corrected chi connectivity index (χ1v) is 5.15. The van der Waals surface area contributed by atoms with E-state index < -0.39 is 0 Å². The van der Waals surface area contributed by atoms with E-state index in [1.807, 2.05) is 7.05 Å². The fourth-order valence-electron chi connectivity index (χ4n) is 2.18. The Labute approximate surface area is 86.6 Å². The molecule has 4 nitrogen and oxygen atoms in total. The fourth-order valence-corrected chi connectivity index (χ4v) is 2.18. The molecular weight excluding hydrogens is 176 g/mol. The van der Waals surface area contributed by atoms with E-state index in [9.17, 15) is 0 Å².